The first-order valence-corrected chi connectivity index (χ1v) is 8.31. The van der Waals surface area contributed by atoms with Crippen molar-refractivity contribution in [3.05, 3.63) is 22.4 Å². The van der Waals surface area contributed by atoms with Crippen molar-refractivity contribution in [3.63, 3.8) is 0 Å². The van der Waals surface area contributed by atoms with E-state index < -0.39 is 11.8 Å². The normalized spacial score (nSPS) is 15.1. The van der Waals surface area contributed by atoms with E-state index in [4.69, 9.17) is 4.74 Å². The number of rotatable bonds is 5. The number of amides is 2. The maximum Gasteiger partial charge on any atom is 0.306 e. The lowest BCUT2D eigenvalue weighted by Crippen LogP contribution is -2.43. The lowest BCUT2D eigenvalue weighted by Gasteiger charge is -2.20. The molecule has 0 atom stereocenters. The van der Waals surface area contributed by atoms with Gasteiger partial charge in [0.2, 0.25) is 0 Å². The third-order valence-electron chi connectivity index (χ3n) is 3.60. The molecular weight excluding hydrogens is 304 g/mol. The van der Waals surface area contributed by atoms with Crippen LogP contribution < -0.4 is 10.9 Å². The van der Waals surface area contributed by atoms with Crippen LogP contribution in [0, 0.1) is 5.92 Å². The molecule has 6 nitrogen and oxygen atoms in total. The zero-order chi connectivity index (χ0) is 15.8. The summed E-state index contributed by atoms with van der Waals surface area (Å²) >= 11 is 1.27. The van der Waals surface area contributed by atoms with Crippen molar-refractivity contribution in [1.82, 2.24) is 10.9 Å². The van der Waals surface area contributed by atoms with Gasteiger partial charge in [0.15, 0.2) is 6.61 Å². The van der Waals surface area contributed by atoms with Crippen molar-refractivity contribution in [1.29, 1.82) is 0 Å². The molecule has 2 rings (SSSR count). The molecule has 0 aromatic carbocycles. The first kappa shape index (κ1) is 16.5. The van der Waals surface area contributed by atoms with E-state index in [1.165, 1.54) is 17.8 Å². The molecule has 0 bridgehead atoms. The number of carbonyl (C=O) groups is 3. The summed E-state index contributed by atoms with van der Waals surface area (Å²) in [5, 5.41) is 1.77. The second-order valence-electron chi connectivity index (χ2n) is 5.35. The Bertz CT molecular complexity index is 510. The Morgan fingerprint density at radius 1 is 1.18 bits per heavy atom. The van der Waals surface area contributed by atoms with Crippen LogP contribution in [0.2, 0.25) is 0 Å². The number of hydrogen-bond acceptors (Lipinski definition) is 5. The zero-order valence-electron chi connectivity index (χ0n) is 12.3. The molecular formula is C15H20N2O4S. The third kappa shape index (κ3) is 5.48. The van der Waals surface area contributed by atoms with Crippen molar-refractivity contribution in [3.8, 4) is 0 Å². The summed E-state index contributed by atoms with van der Waals surface area (Å²) in [6.45, 7) is -0.379. The van der Waals surface area contributed by atoms with E-state index in [1.54, 1.807) is 17.5 Å². The van der Waals surface area contributed by atoms with Gasteiger partial charge in [-0.15, -0.1) is 11.3 Å². The van der Waals surface area contributed by atoms with Crippen molar-refractivity contribution in [2.24, 2.45) is 5.92 Å². The van der Waals surface area contributed by atoms with E-state index in [2.05, 4.69) is 10.9 Å². The first-order valence-electron chi connectivity index (χ1n) is 7.43. The molecule has 2 amide bonds. The number of thiophene rings is 1. The van der Waals surface area contributed by atoms with Gasteiger partial charge in [-0.1, -0.05) is 25.3 Å². The van der Waals surface area contributed by atoms with Gasteiger partial charge in [-0.05, 0) is 30.2 Å². The molecule has 1 saturated carbocycles. The minimum Gasteiger partial charge on any atom is -0.455 e. The predicted octanol–water partition coefficient (Wildman–Crippen LogP) is 2.02. The second-order valence-corrected chi connectivity index (χ2v) is 6.30. The lowest BCUT2D eigenvalue weighted by atomic mass is 9.87. The maximum atomic E-state index is 11.7. The molecule has 1 aromatic rings. The summed E-state index contributed by atoms with van der Waals surface area (Å²) in [6.07, 6.45) is 6.03. The number of hydrogen-bond donors (Lipinski definition) is 2. The Kier molecular flexibility index (Phi) is 6.39. The summed E-state index contributed by atoms with van der Waals surface area (Å²) < 4.78 is 4.93. The summed E-state index contributed by atoms with van der Waals surface area (Å²) in [5.41, 5.74) is 4.49. The van der Waals surface area contributed by atoms with Crippen LogP contribution in [0.3, 0.4) is 0 Å². The van der Waals surface area contributed by atoms with Crippen LogP contribution in [-0.2, 0) is 14.3 Å². The molecule has 1 heterocycles. The number of carbonyl (C=O) groups excluding carboxylic acids is 3. The van der Waals surface area contributed by atoms with Crippen LogP contribution in [0.5, 0.6) is 0 Å². The van der Waals surface area contributed by atoms with E-state index in [0.29, 0.717) is 17.2 Å². The number of nitrogens with one attached hydrogen (secondary N) is 2. The van der Waals surface area contributed by atoms with E-state index in [-0.39, 0.29) is 12.6 Å². The Morgan fingerprint density at radius 2 is 1.95 bits per heavy atom. The third-order valence-corrected chi connectivity index (χ3v) is 4.47. The molecule has 0 unspecified atom stereocenters. The van der Waals surface area contributed by atoms with Crippen molar-refractivity contribution >= 4 is 29.1 Å². The molecule has 0 radical (unpaired) electrons. The van der Waals surface area contributed by atoms with Crippen LogP contribution in [0.25, 0.3) is 0 Å². The molecule has 120 valence electrons. The van der Waals surface area contributed by atoms with Crippen molar-refractivity contribution in [2.75, 3.05) is 6.61 Å². The van der Waals surface area contributed by atoms with Crippen molar-refractivity contribution in [2.45, 2.75) is 38.5 Å². The summed E-state index contributed by atoms with van der Waals surface area (Å²) in [6, 6.07) is 3.39. The Balaban J connectivity index is 1.60. The average molecular weight is 324 g/mol. The zero-order valence-corrected chi connectivity index (χ0v) is 13.1. The summed E-state index contributed by atoms with van der Waals surface area (Å²) in [7, 11) is 0. The topological polar surface area (TPSA) is 84.5 Å². The molecule has 1 aliphatic rings. The average Bonchev–Trinajstić information content (AvgIpc) is 3.06. The van der Waals surface area contributed by atoms with E-state index >= 15 is 0 Å². The highest BCUT2D eigenvalue weighted by molar-refractivity contribution is 7.12. The van der Waals surface area contributed by atoms with Crippen LogP contribution in [-0.4, -0.2) is 24.4 Å². The van der Waals surface area contributed by atoms with E-state index in [0.717, 1.165) is 25.7 Å². The molecule has 0 saturated heterocycles. The number of esters is 1. The monoisotopic (exact) mass is 324 g/mol. The molecule has 1 aliphatic carbocycles. The fourth-order valence-electron chi connectivity index (χ4n) is 2.46. The van der Waals surface area contributed by atoms with E-state index in [1.807, 2.05) is 0 Å². The smallest absolute Gasteiger partial charge is 0.306 e. The van der Waals surface area contributed by atoms with Gasteiger partial charge in [0.1, 0.15) is 0 Å². The Hall–Kier alpha value is -1.89. The molecule has 2 N–H and O–H groups in total. The highest BCUT2D eigenvalue weighted by atomic mass is 32.1. The van der Waals surface area contributed by atoms with Gasteiger partial charge >= 0.3 is 5.97 Å². The van der Waals surface area contributed by atoms with Crippen LogP contribution >= 0.6 is 11.3 Å². The highest BCUT2D eigenvalue weighted by Gasteiger charge is 2.18. The van der Waals surface area contributed by atoms with Gasteiger partial charge in [-0.3, -0.25) is 25.2 Å². The number of hydrazine groups is 1. The van der Waals surface area contributed by atoms with Gasteiger partial charge in [0.25, 0.3) is 11.8 Å². The quantitative estimate of drug-likeness (QED) is 0.641. The molecule has 1 fully saturated rings. The van der Waals surface area contributed by atoms with Crippen LogP contribution in [0.4, 0.5) is 0 Å². The van der Waals surface area contributed by atoms with Gasteiger partial charge in [-0.2, -0.15) is 0 Å². The molecule has 0 spiro atoms. The van der Waals surface area contributed by atoms with Crippen LogP contribution in [0.1, 0.15) is 48.2 Å². The Morgan fingerprint density at radius 3 is 2.64 bits per heavy atom. The van der Waals surface area contributed by atoms with Crippen molar-refractivity contribution < 1.29 is 19.1 Å². The summed E-state index contributed by atoms with van der Waals surface area (Å²) in [5.74, 6) is -0.923. The molecule has 7 heteroatoms. The first-order chi connectivity index (χ1) is 10.6. The van der Waals surface area contributed by atoms with Crippen LogP contribution in [0.15, 0.2) is 17.5 Å². The molecule has 22 heavy (non-hydrogen) atoms. The van der Waals surface area contributed by atoms with Gasteiger partial charge < -0.3 is 4.74 Å². The molecule has 1 aromatic heterocycles. The fraction of sp³-hybridized carbons (Fsp3) is 0.533. The van der Waals surface area contributed by atoms with Gasteiger partial charge in [0.05, 0.1) is 4.88 Å². The van der Waals surface area contributed by atoms with E-state index in [9.17, 15) is 14.4 Å². The minimum atomic E-state index is -0.554. The fourth-order valence-corrected chi connectivity index (χ4v) is 3.08. The standard InChI is InChI=1S/C15H20N2O4S/c18-13(16-17-15(20)12-7-4-8-22-12)10-21-14(19)9-11-5-2-1-3-6-11/h4,7-8,11H,1-3,5-6,9-10H2,(H,16,18)(H,17,20). The number of ether oxygens (including phenoxy) is 1. The predicted molar refractivity (Wildman–Crippen MR) is 82.1 cm³/mol. The maximum absolute atomic E-state index is 11.7. The van der Waals surface area contributed by atoms with Gasteiger partial charge in [-0.25, -0.2) is 0 Å². The minimum absolute atomic E-state index is 0.355. The Labute approximate surface area is 133 Å². The lowest BCUT2D eigenvalue weighted by molar-refractivity contribution is -0.149. The largest absolute Gasteiger partial charge is 0.455 e. The van der Waals surface area contributed by atoms with Gasteiger partial charge in [0, 0.05) is 6.42 Å². The highest BCUT2D eigenvalue weighted by Crippen LogP contribution is 2.26. The molecule has 0 aliphatic heterocycles. The summed E-state index contributed by atoms with van der Waals surface area (Å²) in [4.78, 5) is 35.2. The second kappa shape index (κ2) is 8.53. The SMILES string of the molecule is O=C(COC(=O)CC1CCCCC1)NNC(=O)c1cccs1.